The zero-order valence-electron chi connectivity index (χ0n) is 10.0. The van der Waals surface area contributed by atoms with Gasteiger partial charge in [-0.15, -0.1) is 0 Å². The highest BCUT2D eigenvalue weighted by Crippen LogP contribution is 2.13. The molecule has 0 aromatic heterocycles. The van der Waals surface area contributed by atoms with E-state index in [9.17, 15) is 4.79 Å². The molecule has 1 aliphatic rings. The Morgan fingerprint density at radius 2 is 2.07 bits per heavy atom. The van der Waals surface area contributed by atoms with E-state index in [2.05, 4.69) is 24.5 Å². The van der Waals surface area contributed by atoms with E-state index >= 15 is 0 Å². The molecule has 1 fully saturated rings. The second-order valence-corrected chi connectivity index (χ2v) is 4.64. The van der Waals surface area contributed by atoms with Gasteiger partial charge in [-0.05, 0) is 40.5 Å². The van der Waals surface area contributed by atoms with Crippen molar-refractivity contribution in [2.24, 2.45) is 0 Å². The predicted molar refractivity (Wildman–Crippen MR) is 59.8 cm³/mol. The number of carbonyl (C=O) groups excluding carboxylic acids is 1. The highest BCUT2D eigenvalue weighted by atomic mass is 16.6. The van der Waals surface area contributed by atoms with Crippen molar-refractivity contribution in [3.8, 4) is 0 Å². The lowest BCUT2D eigenvalue weighted by Gasteiger charge is -2.34. The van der Waals surface area contributed by atoms with Crippen molar-refractivity contribution >= 4 is 6.09 Å². The van der Waals surface area contributed by atoms with Gasteiger partial charge in [-0.3, -0.25) is 0 Å². The van der Waals surface area contributed by atoms with E-state index in [1.165, 1.54) is 0 Å². The summed E-state index contributed by atoms with van der Waals surface area (Å²) in [7, 11) is 0. The fraction of sp³-hybridized carbons (Fsp3) is 0.909. The predicted octanol–water partition coefficient (Wildman–Crippen LogP) is 1.65. The number of piperidine rings is 1. The van der Waals surface area contributed by atoms with Crippen LogP contribution in [0.1, 0.15) is 40.5 Å². The Morgan fingerprint density at radius 1 is 1.40 bits per heavy atom. The molecule has 1 heterocycles. The van der Waals surface area contributed by atoms with Crippen molar-refractivity contribution in [2.45, 2.75) is 64.8 Å². The molecule has 1 amide bonds. The molecule has 0 spiro atoms. The van der Waals surface area contributed by atoms with Gasteiger partial charge in [-0.25, -0.2) is 4.79 Å². The van der Waals surface area contributed by atoms with Crippen LogP contribution in [0.25, 0.3) is 0 Å². The van der Waals surface area contributed by atoms with Crippen LogP contribution in [-0.4, -0.2) is 30.3 Å². The zero-order valence-corrected chi connectivity index (χ0v) is 10.0. The highest BCUT2D eigenvalue weighted by Gasteiger charge is 2.26. The number of hydrogen-bond donors (Lipinski definition) is 2. The van der Waals surface area contributed by atoms with Crippen LogP contribution in [-0.2, 0) is 4.74 Å². The van der Waals surface area contributed by atoms with Crippen LogP contribution in [0.2, 0.25) is 0 Å². The summed E-state index contributed by atoms with van der Waals surface area (Å²) in [6.45, 7) is 7.96. The molecule has 4 nitrogen and oxygen atoms in total. The number of ether oxygens (including phenoxy) is 1. The molecular weight excluding hydrogens is 192 g/mol. The van der Waals surface area contributed by atoms with Gasteiger partial charge >= 0.3 is 6.09 Å². The molecule has 15 heavy (non-hydrogen) atoms. The number of nitrogens with one attached hydrogen (secondary N) is 2. The first-order valence-electron chi connectivity index (χ1n) is 5.72. The Kier molecular flexibility index (Phi) is 4.39. The zero-order chi connectivity index (χ0) is 11.4. The molecule has 0 radical (unpaired) electrons. The fourth-order valence-electron chi connectivity index (χ4n) is 1.92. The van der Waals surface area contributed by atoms with Gasteiger partial charge < -0.3 is 15.4 Å². The maximum absolute atomic E-state index is 11.4. The van der Waals surface area contributed by atoms with Crippen molar-refractivity contribution in [2.75, 3.05) is 0 Å². The highest BCUT2D eigenvalue weighted by molar-refractivity contribution is 5.67. The summed E-state index contributed by atoms with van der Waals surface area (Å²) >= 11 is 0. The van der Waals surface area contributed by atoms with Gasteiger partial charge in [-0.1, -0.05) is 0 Å². The topological polar surface area (TPSA) is 50.4 Å². The van der Waals surface area contributed by atoms with Crippen molar-refractivity contribution in [3.63, 3.8) is 0 Å². The van der Waals surface area contributed by atoms with E-state index in [4.69, 9.17) is 4.74 Å². The molecule has 0 aromatic rings. The fourth-order valence-corrected chi connectivity index (χ4v) is 1.92. The summed E-state index contributed by atoms with van der Waals surface area (Å²) in [6, 6.07) is 1.04. The molecule has 88 valence electrons. The minimum Gasteiger partial charge on any atom is -0.447 e. The van der Waals surface area contributed by atoms with E-state index in [0.29, 0.717) is 12.1 Å². The molecule has 0 aliphatic carbocycles. The first-order chi connectivity index (χ1) is 6.99. The van der Waals surface area contributed by atoms with E-state index < -0.39 is 0 Å². The van der Waals surface area contributed by atoms with Gasteiger partial charge in [0.25, 0.3) is 0 Å². The van der Waals surface area contributed by atoms with Gasteiger partial charge in [0.05, 0.1) is 6.10 Å². The Labute approximate surface area is 91.8 Å². The van der Waals surface area contributed by atoms with Crippen molar-refractivity contribution < 1.29 is 9.53 Å². The standard InChI is InChI=1S/C11H22N2O2/c1-7(2)15-11(14)13-10-6-5-8(3)12-9(10)4/h7-10,12H,5-6H2,1-4H3,(H,13,14). The third-order valence-electron chi connectivity index (χ3n) is 2.71. The number of alkyl carbamates (subject to hydrolysis) is 1. The second-order valence-electron chi connectivity index (χ2n) is 4.64. The second kappa shape index (κ2) is 5.35. The summed E-state index contributed by atoms with van der Waals surface area (Å²) in [5, 5.41) is 6.31. The van der Waals surface area contributed by atoms with Crippen LogP contribution in [0.3, 0.4) is 0 Å². The first kappa shape index (κ1) is 12.3. The van der Waals surface area contributed by atoms with Crippen LogP contribution in [0.4, 0.5) is 4.79 Å². The van der Waals surface area contributed by atoms with Crippen LogP contribution < -0.4 is 10.6 Å². The Morgan fingerprint density at radius 3 is 2.60 bits per heavy atom. The van der Waals surface area contributed by atoms with Crippen molar-refractivity contribution in [1.82, 2.24) is 10.6 Å². The van der Waals surface area contributed by atoms with Crippen LogP contribution in [0.5, 0.6) is 0 Å². The van der Waals surface area contributed by atoms with Crippen molar-refractivity contribution in [3.05, 3.63) is 0 Å². The molecule has 3 atom stereocenters. The van der Waals surface area contributed by atoms with Crippen molar-refractivity contribution in [1.29, 1.82) is 0 Å². The number of amides is 1. The molecule has 4 heteroatoms. The number of rotatable bonds is 2. The monoisotopic (exact) mass is 214 g/mol. The van der Waals surface area contributed by atoms with Gasteiger partial charge in [-0.2, -0.15) is 0 Å². The van der Waals surface area contributed by atoms with Gasteiger partial charge in [0.2, 0.25) is 0 Å². The first-order valence-corrected chi connectivity index (χ1v) is 5.72. The minimum absolute atomic E-state index is 0.0595. The summed E-state index contributed by atoms with van der Waals surface area (Å²) in [5.41, 5.74) is 0. The summed E-state index contributed by atoms with van der Waals surface area (Å²) in [4.78, 5) is 11.4. The third-order valence-corrected chi connectivity index (χ3v) is 2.71. The molecular formula is C11H22N2O2. The van der Waals surface area contributed by atoms with E-state index in [1.807, 2.05) is 13.8 Å². The SMILES string of the molecule is CC1CCC(NC(=O)OC(C)C)C(C)N1. The molecule has 0 bridgehead atoms. The number of hydrogen-bond acceptors (Lipinski definition) is 3. The average Bonchev–Trinajstić information content (AvgIpc) is 2.08. The van der Waals surface area contributed by atoms with Crippen LogP contribution >= 0.6 is 0 Å². The third kappa shape index (κ3) is 4.08. The maximum atomic E-state index is 11.4. The number of carbonyl (C=O) groups is 1. The molecule has 0 saturated carbocycles. The lowest BCUT2D eigenvalue weighted by Crippen LogP contribution is -2.55. The molecule has 2 N–H and O–H groups in total. The molecule has 0 aromatic carbocycles. The summed E-state index contributed by atoms with van der Waals surface area (Å²) in [5.74, 6) is 0. The van der Waals surface area contributed by atoms with Crippen LogP contribution in [0, 0.1) is 0 Å². The Hall–Kier alpha value is -0.770. The van der Waals surface area contributed by atoms with Crippen LogP contribution in [0.15, 0.2) is 0 Å². The Bertz CT molecular complexity index is 219. The van der Waals surface area contributed by atoms with E-state index in [-0.39, 0.29) is 18.2 Å². The van der Waals surface area contributed by atoms with Gasteiger partial charge in [0.15, 0.2) is 0 Å². The summed E-state index contributed by atoms with van der Waals surface area (Å²) in [6.07, 6.45) is 1.74. The smallest absolute Gasteiger partial charge is 0.407 e. The summed E-state index contributed by atoms with van der Waals surface area (Å²) < 4.78 is 5.05. The maximum Gasteiger partial charge on any atom is 0.407 e. The molecule has 1 saturated heterocycles. The largest absolute Gasteiger partial charge is 0.447 e. The Balaban J connectivity index is 2.34. The quantitative estimate of drug-likeness (QED) is 0.735. The normalized spacial score (nSPS) is 31.4. The average molecular weight is 214 g/mol. The molecule has 1 rings (SSSR count). The van der Waals surface area contributed by atoms with E-state index in [1.54, 1.807) is 0 Å². The molecule has 3 unspecified atom stereocenters. The van der Waals surface area contributed by atoms with Gasteiger partial charge in [0.1, 0.15) is 0 Å². The lowest BCUT2D eigenvalue weighted by atomic mass is 9.95. The molecule has 1 aliphatic heterocycles. The lowest BCUT2D eigenvalue weighted by molar-refractivity contribution is 0.107. The van der Waals surface area contributed by atoms with Gasteiger partial charge in [0, 0.05) is 18.1 Å². The van der Waals surface area contributed by atoms with E-state index in [0.717, 1.165) is 12.8 Å². The minimum atomic E-state index is -0.307.